The number of halogens is 1. The number of nitrogens with one attached hydrogen (secondary N) is 1. The lowest BCUT2D eigenvalue weighted by Crippen LogP contribution is -2.30. The third-order valence-corrected chi connectivity index (χ3v) is 5.36. The van der Waals surface area contributed by atoms with Crippen LogP contribution >= 0.6 is 11.6 Å². The van der Waals surface area contributed by atoms with Gasteiger partial charge in [-0.25, -0.2) is 0 Å². The third kappa shape index (κ3) is 2.80. The minimum absolute atomic E-state index is 0.150. The Balaban J connectivity index is 1.57. The highest BCUT2D eigenvalue weighted by Crippen LogP contribution is 2.41. The number of rotatable bonds is 3. The van der Waals surface area contributed by atoms with Gasteiger partial charge in [0.2, 0.25) is 11.8 Å². The van der Waals surface area contributed by atoms with E-state index in [1.165, 1.54) is 17.2 Å². The molecular formula is C19H17ClN2O4. The van der Waals surface area contributed by atoms with Gasteiger partial charge in [-0.1, -0.05) is 24.4 Å². The van der Waals surface area contributed by atoms with E-state index in [2.05, 4.69) is 5.32 Å². The van der Waals surface area contributed by atoms with E-state index in [-0.39, 0.29) is 34.4 Å². The van der Waals surface area contributed by atoms with Gasteiger partial charge >= 0.3 is 0 Å². The molecule has 6 nitrogen and oxygen atoms in total. The van der Waals surface area contributed by atoms with Gasteiger partial charge in [-0.15, -0.1) is 0 Å². The molecule has 2 fully saturated rings. The molecule has 1 saturated carbocycles. The van der Waals surface area contributed by atoms with Crippen LogP contribution in [-0.4, -0.2) is 17.7 Å². The topological polar surface area (TPSA) is 79.6 Å². The minimum Gasteiger partial charge on any atom is -0.459 e. The van der Waals surface area contributed by atoms with Crippen molar-refractivity contribution in [3.63, 3.8) is 0 Å². The Kier molecular flexibility index (Phi) is 4.28. The Morgan fingerprint density at radius 1 is 1.12 bits per heavy atom. The minimum atomic E-state index is -0.427. The molecule has 0 unspecified atom stereocenters. The van der Waals surface area contributed by atoms with Crippen LogP contribution in [0, 0.1) is 11.8 Å². The summed E-state index contributed by atoms with van der Waals surface area (Å²) in [6, 6.07) is 7.90. The van der Waals surface area contributed by atoms with Crippen molar-refractivity contribution in [2.75, 3.05) is 10.2 Å². The molecule has 7 heteroatoms. The van der Waals surface area contributed by atoms with E-state index in [4.69, 9.17) is 16.0 Å². The second-order valence-corrected chi connectivity index (χ2v) is 7.01. The third-order valence-electron chi connectivity index (χ3n) is 5.05. The Bertz CT molecular complexity index is 854. The van der Waals surface area contributed by atoms with Crippen LogP contribution in [0.25, 0.3) is 0 Å². The number of benzene rings is 1. The maximum Gasteiger partial charge on any atom is 0.291 e. The van der Waals surface area contributed by atoms with Gasteiger partial charge in [-0.3, -0.25) is 19.3 Å². The lowest BCUT2D eigenvalue weighted by molar-refractivity contribution is -0.122. The first-order chi connectivity index (χ1) is 12.6. The number of nitrogens with zero attached hydrogens (tertiary/aromatic N) is 1. The second-order valence-electron chi connectivity index (χ2n) is 6.60. The molecule has 2 atom stereocenters. The summed E-state index contributed by atoms with van der Waals surface area (Å²) < 4.78 is 5.04. The largest absolute Gasteiger partial charge is 0.459 e. The Hall–Kier alpha value is -2.60. The molecule has 0 radical (unpaired) electrons. The van der Waals surface area contributed by atoms with Gasteiger partial charge in [0.25, 0.3) is 5.91 Å². The molecule has 1 aliphatic carbocycles. The molecule has 0 bridgehead atoms. The van der Waals surface area contributed by atoms with Crippen molar-refractivity contribution in [3.05, 3.63) is 47.4 Å². The highest BCUT2D eigenvalue weighted by atomic mass is 35.5. The summed E-state index contributed by atoms with van der Waals surface area (Å²) in [5, 5.41) is 2.90. The molecule has 1 aromatic carbocycles. The number of fused-ring (bicyclic) bond motifs is 1. The molecule has 0 spiro atoms. The fourth-order valence-electron chi connectivity index (χ4n) is 3.75. The summed E-state index contributed by atoms with van der Waals surface area (Å²) in [6.45, 7) is 0. The molecule has 1 aromatic heterocycles. The number of furan rings is 1. The first-order valence-corrected chi connectivity index (χ1v) is 8.96. The second kappa shape index (κ2) is 6.61. The van der Waals surface area contributed by atoms with Crippen molar-refractivity contribution in [1.82, 2.24) is 0 Å². The maximum absolute atomic E-state index is 12.7. The van der Waals surface area contributed by atoms with Crippen LogP contribution in [0.2, 0.25) is 5.02 Å². The van der Waals surface area contributed by atoms with Crippen molar-refractivity contribution >= 4 is 40.7 Å². The number of hydrogen-bond donors (Lipinski definition) is 1. The molecule has 26 heavy (non-hydrogen) atoms. The standard InChI is InChI=1S/C19H17ClN2O4/c20-14-10-11(7-8-15(14)21-17(23)16-6-3-9-26-16)22-18(24)12-4-1-2-5-13(12)19(22)25/h3,6-10,12-13H,1-2,4-5H2,(H,21,23)/t12-,13+. The first-order valence-electron chi connectivity index (χ1n) is 8.58. The summed E-state index contributed by atoms with van der Waals surface area (Å²) in [7, 11) is 0. The van der Waals surface area contributed by atoms with Crippen LogP contribution < -0.4 is 10.2 Å². The van der Waals surface area contributed by atoms with Crippen LogP contribution in [-0.2, 0) is 9.59 Å². The zero-order chi connectivity index (χ0) is 18.3. The predicted molar refractivity (Wildman–Crippen MR) is 96.1 cm³/mol. The van der Waals surface area contributed by atoms with Crippen molar-refractivity contribution < 1.29 is 18.8 Å². The monoisotopic (exact) mass is 372 g/mol. The average molecular weight is 373 g/mol. The fourth-order valence-corrected chi connectivity index (χ4v) is 3.97. The number of imide groups is 1. The van der Waals surface area contributed by atoms with E-state index in [9.17, 15) is 14.4 Å². The number of anilines is 2. The molecule has 2 aliphatic rings. The van der Waals surface area contributed by atoms with Gasteiger partial charge in [-0.05, 0) is 43.2 Å². The average Bonchev–Trinajstić information content (AvgIpc) is 3.26. The van der Waals surface area contributed by atoms with E-state index in [1.807, 2.05) is 0 Å². The summed E-state index contributed by atoms with van der Waals surface area (Å²) in [5.74, 6) is -0.990. The van der Waals surface area contributed by atoms with Crippen molar-refractivity contribution in [2.24, 2.45) is 11.8 Å². The van der Waals surface area contributed by atoms with Crippen LogP contribution in [0.4, 0.5) is 11.4 Å². The summed E-state index contributed by atoms with van der Waals surface area (Å²) in [4.78, 5) is 38.6. The first kappa shape index (κ1) is 16.8. The summed E-state index contributed by atoms with van der Waals surface area (Å²) in [6.07, 6.45) is 4.89. The predicted octanol–water partition coefficient (Wildman–Crippen LogP) is 3.86. The SMILES string of the molecule is O=C(Nc1ccc(N2C(=O)[C@H]3CCCC[C@H]3C2=O)cc1Cl)c1ccco1. The zero-order valence-electron chi connectivity index (χ0n) is 13.9. The summed E-state index contributed by atoms with van der Waals surface area (Å²) in [5.41, 5.74) is 0.823. The molecular weight excluding hydrogens is 356 g/mol. The molecule has 1 aliphatic heterocycles. The zero-order valence-corrected chi connectivity index (χ0v) is 14.7. The van der Waals surface area contributed by atoms with E-state index in [1.54, 1.807) is 24.3 Å². The van der Waals surface area contributed by atoms with Gasteiger partial charge < -0.3 is 9.73 Å². The van der Waals surface area contributed by atoms with E-state index < -0.39 is 5.91 Å². The van der Waals surface area contributed by atoms with Crippen molar-refractivity contribution in [3.8, 4) is 0 Å². The van der Waals surface area contributed by atoms with Gasteiger partial charge in [0.05, 0.1) is 34.5 Å². The molecule has 1 saturated heterocycles. The van der Waals surface area contributed by atoms with Crippen molar-refractivity contribution in [1.29, 1.82) is 0 Å². The molecule has 2 heterocycles. The number of carbonyl (C=O) groups is 3. The normalized spacial score (nSPS) is 22.4. The smallest absolute Gasteiger partial charge is 0.291 e. The Labute approximate surface area is 155 Å². The Morgan fingerprint density at radius 3 is 2.38 bits per heavy atom. The van der Waals surface area contributed by atoms with Crippen LogP contribution in [0.5, 0.6) is 0 Å². The van der Waals surface area contributed by atoms with Gasteiger partial charge in [0, 0.05) is 0 Å². The fraction of sp³-hybridized carbons (Fsp3) is 0.316. The quantitative estimate of drug-likeness (QED) is 0.829. The molecule has 1 N–H and O–H groups in total. The number of carbonyl (C=O) groups excluding carboxylic acids is 3. The van der Waals surface area contributed by atoms with E-state index in [0.29, 0.717) is 11.4 Å². The van der Waals surface area contributed by atoms with E-state index in [0.717, 1.165) is 25.7 Å². The molecule has 3 amide bonds. The van der Waals surface area contributed by atoms with Crippen LogP contribution in [0.15, 0.2) is 41.0 Å². The lowest BCUT2D eigenvalue weighted by Gasteiger charge is -2.19. The lowest BCUT2D eigenvalue weighted by atomic mass is 9.81. The molecule has 2 aromatic rings. The van der Waals surface area contributed by atoms with Crippen LogP contribution in [0.3, 0.4) is 0 Å². The number of hydrogen-bond acceptors (Lipinski definition) is 4. The van der Waals surface area contributed by atoms with Crippen LogP contribution in [0.1, 0.15) is 36.2 Å². The molecule has 134 valence electrons. The van der Waals surface area contributed by atoms with Gasteiger partial charge in [0.1, 0.15) is 0 Å². The molecule has 4 rings (SSSR count). The highest BCUT2D eigenvalue weighted by molar-refractivity contribution is 6.34. The number of amides is 3. The van der Waals surface area contributed by atoms with Gasteiger partial charge in [0.15, 0.2) is 5.76 Å². The summed E-state index contributed by atoms with van der Waals surface area (Å²) >= 11 is 6.27. The van der Waals surface area contributed by atoms with E-state index >= 15 is 0 Å². The maximum atomic E-state index is 12.7. The van der Waals surface area contributed by atoms with Gasteiger partial charge in [-0.2, -0.15) is 0 Å². The Morgan fingerprint density at radius 2 is 1.81 bits per heavy atom. The highest BCUT2D eigenvalue weighted by Gasteiger charge is 2.48. The van der Waals surface area contributed by atoms with Crippen molar-refractivity contribution in [2.45, 2.75) is 25.7 Å².